The van der Waals surface area contributed by atoms with Gasteiger partial charge in [-0.1, -0.05) is 12.1 Å². The highest BCUT2D eigenvalue weighted by Gasteiger charge is 2.20. The molecule has 0 saturated heterocycles. The van der Waals surface area contributed by atoms with E-state index in [0.29, 0.717) is 17.3 Å². The van der Waals surface area contributed by atoms with E-state index < -0.39 is 27.2 Å². The Morgan fingerprint density at radius 1 is 1.10 bits per heavy atom. The molecule has 106 valence electrons. The second-order valence-electron chi connectivity index (χ2n) is 4.52. The predicted molar refractivity (Wildman–Crippen MR) is 72.8 cm³/mol. The van der Waals surface area contributed by atoms with Gasteiger partial charge >= 0.3 is 0 Å². The van der Waals surface area contributed by atoms with E-state index in [1.165, 1.54) is 6.07 Å². The van der Waals surface area contributed by atoms with Gasteiger partial charge in [0.15, 0.2) is 9.84 Å². The Kier molecular flexibility index (Phi) is 3.76. The molecule has 3 nitrogen and oxygen atoms in total. The Balaban J connectivity index is 2.43. The highest BCUT2D eigenvalue weighted by molar-refractivity contribution is 7.90. The van der Waals surface area contributed by atoms with Crippen LogP contribution in [0.2, 0.25) is 0 Å². The molecule has 0 bridgehead atoms. The van der Waals surface area contributed by atoms with E-state index in [4.69, 9.17) is 5.73 Å². The Bertz CT molecular complexity index is 758. The Labute approximate surface area is 116 Å². The van der Waals surface area contributed by atoms with Gasteiger partial charge in [-0.05, 0) is 30.7 Å². The van der Waals surface area contributed by atoms with Crippen LogP contribution in [0, 0.1) is 18.6 Å². The molecule has 0 heterocycles. The monoisotopic (exact) mass is 297 g/mol. The standard InChI is InChI=1S/C14H13F2NO2S/c1-9-2-5-12(17)7-14(9)20(18,19)8-10-3-4-11(15)6-13(10)16/h2-7H,8,17H2,1H3. The molecular formula is C14H13F2NO2S. The zero-order valence-corrected chi connectivity index (χ0v) is 11.5. The van der Waals surface area contributed by atoms with Crippen molar-refractivity contribution in [3.8, 4) is 0 Å². The molecule has 0 atom stereocenters. The number of sulfone groups is 1. The number of nitrogen functional groups attached to an aromatic ring is 1. The van der Waals surface area contributed by atoms with Gasteiger partial charge in [-0.3, -0.25) is 0 Å². The van der Waals surface area contributed by atoms with Crippen molar-refractivity contribution in [3.05, 3.63) is 59.2 Å². The third kappa shape index (κ3) is 2.96. The molecule has 0 radical (unpaired) electrons. The Morgan fingerprint density at radius 3 is 2.45 bits per heavy atom. The number of hydrogen-bond donors (Lipinski definition) is 1. The van der Waals surface area contributed by atoms with Crippen molar-refractivity contribution in [1.82, 2.24) is 0 Å². The molecule has 0 unspecified atom stereocenters. The van der Waals surface area contributed by atoms with E-state index in [-0.39, 0.29) is 10.5 Å². The summed E-state index contributed by atoms with van der Waals surface area (Å²) < 4.78 is 51.0. The van der Waals surface area contributed by atoms with E-state index in [2.05, 4.69) is 0 Å². The maximum absolute atomic E-state index is 13.5. The van der Waals surface area contributed by atoms with Crippen LogP contribution in [0.15, 0.2) is 41.3 Å². The Morgan fingerprint density at radius 2 is 1.80 bits per heavy atom. The molecule has 0 aliphatic heterocycles. The summed E-state index contributed by atoms with van der Waals surface area (Å²) in [6, 6.07) is 7.34. The summed E-state index contributed by atoms with van der Waals surface area (Å²) in [5.41, 5.74) is 6.35. The van der Waals surface area contributed by atoms with Crippen molar-refractivity contribution < 1.29 is 17.2 Å². The van der Waals surface area contributed by atoms with E-state index in [9.17, 15) is 17.2 Å². The summed E-state index contributed by atoms with van der Waals surface area (Å²) in [7, 11) is -3.74. The first-order valence-electron chi connectivity index (χ1n) is 5.82. The lowest BCUT2D eigenvalue weighted by molar-refractivity contribution is 0.569. The van der Waals surface area contributed by atoms with Gasteiger partial charge in [0.1, 0.15) is 11.6 Å². The molecule has 0 aromatic heterocycles. The van der Waals surface area contributed by atoms with Crippen LogP contribution in [0.25, 0.3) is 0 Å². The largest absolute Gasteiger partial charge is 0.399 e. The van der Waals surface area contributed by atoms with Gasteiger partial charge in [0.25, 0.3) is 0 Å². The first kappa shape index (κ1) is 14.5. The van der Waals surface area contributed by atoms with Crippen molar-refractivity contribution in [2.45, 2.75) is 17.6 Å². The highest BCUT2D eigenvalue weighted by Crippen LogP contribution is 2.23. The molecule has 0 amide bonds. The maximum atomic E-state index is 13.5. The molecule has 0 aliphatic rings. The lowest BCUT2D eigenvalue weighted by Gasteiger charge is -2.09. The summed E-state index contributed by atoms with van der Waals surface area (Å²) in [4.78, 5) is 0.0567. The number of anilines is 1. The molecule has 2 aromatic carbocycles. The highest BCUT2D eigenvalue weighted by atomic mass is 32.2. The molecular weight excluding hydrogens is 284 g/mol. The van der Waals surface area contributed by atoms with Crippen LogP contribution in [-0.2, 0) is 15.6 Å². The van der Waals surface area contributed by atoms with Crippen LogP contribution < -0.4 is 5.73 Å². The molecule has 6 heteroatoms. The summed E-state index contributed by atoms with van der Waals surface area (Å²) in [5.74, 6) is -2.16. The first-order chi connectivity index (χ1) is 9.29. The van der Waals surface area contributed by atoms with Gasteiger partial charge < -0.3 is 5.73 Å². The molecule has 20 heavy (non-hydrogen) atoms. The van der Waals surface area contributed by atoms with Crippen LogP contribution in [0.3, 0.4) is 0 Å². The summed E-state index contributed by atoms with van der Waals surface area (Å²) >= 11 is 0. The van der Waals surface area contributed by atoms with Crippen LogP contribution in [0.5, 0.6) is 0 Å². The maximum Gasteiger partial charge on any atom is 0.182 e. The second-order valence-corrected chi connectivity index (χ2v) is 6.48. The van der Waals surface area contributed by atoms with Crippen LogP contribution in [0.1, 0.15) is 11.1 Å². The minimum Gasteiger partial charge on any atom is -0.399 e. The van der Waals surface area contributed by atoms with Crippen LogP contribution in [0.4, 0.5) is 14.5 Å². The van der Waals surface area contributed by atoms with Crippen molar-refractivity contribution in [2.75, 3.05) is 5.73 Å². The molecule has 2 rings (SSSR count). The zero-order chi connectivity index (χ0) is 14.9. The summed E-state index contributed by atoms with van der Waals surface area (Å²) in [5, 5.41) is 0. The first-order valence-corrected chi connectivity index (χ1v) is 7.47. The summed E-state index contributed by atoms with van der Waals surface area (Å²) in [6.45, 7) is 1.63. The van der Waals surface area contributed by atoms with E-state index >= 15 is 0 Å². The van der Waals surface area contributed by atoms with E-state index in [0.717, 1.165) is 12.1 Å². The third-order valence-corrected chi connectivity index (χ3v) is 4.71. The topological polar surface area (TPSA) is 60.2 Å². The lowest BCUT2D eigenvalue weighted by atomic mass is 10.2. The zero-order valence-electron chi connectivity index (χ0n) is 10.7. The second kappa shape index (κ2) is 5.20. The fourth-order valence-electron chi connectivity index (χ4n) is 1.87. The average molecular weight is 297 g/mol. The summed E-state index contributed by atoms with van der Waals surface area (Å²) in [6.07, 6.45) is 0. The van der Waals surface area contributed by atoms with Crippen molar-refractivity contribution in [2.24, 2.45) is 0 Å². The van der Waals surface area contributed by atoms with Gasteiger partial charge in [0.05, 0.1) is 10.6 Å². The normalized spacial score (nSPS) is 11.6. The Hall–Kier alpha value is -1.95. The quantitative estimate of drug-likeness (QED) is 0.886. The number of nitrogens with two attached hydrogens (primary N) is 1. The van der Waals surface area contributed by atoms with Crippen molar-refractivity contribution in [3.63, 3.8) is 0 Å². The number of aryl methyl sites for hydroxylation is 1. The fraction of sp³-hybridized carbons (Fsp3) is 0.143. The number of rotatable bonds is 3. The number of benzene rings is 2. The molecule has 0 saturated carbocycles. The van der Waals surface area contributed by atoms with Crippen molar-refractivity contribution in [1.29, 1.82) is 0 Å². The molecule has 0 aliphatic carbocycles. The van der Waals surface area contributed by atoms with E-state index in [1.807, 2.05) is 0 Å². The van der Waals surface area contributed by atoms with Crippen molar-refractivity contribution >= 4 is 15.5 Å². The van der Waals surface area contributed by atoms with Crippen LogP contribution in [-0.4, -0.2) is 8.42 Å². The number of hydrogen-bond acceptors (Lipinski definition) is 3. The minimum absolute atomic E-state index is 0.0567. The average Bonchev–Trinajstić information content (AvgIpc) is 2.35. The molecule has 2 aromatic rings. The molecule has 2 N–H and O–H groups in total. The van der Waals surface area contributed by atoms with Gasteiger partial charge in [-0.2, -0.15) is 0 Å². The van der Waals surface area contributed by atoms with Crippen LogP contribution >= 0.6 is 0 Å². The van der Waals surface area contributed by atoms with Gasteiger partial charge in [0.2, 0.25) is 0 Å². The van der Waals surface area contributed by atoms with Gasteiger partial charge in [-0.15, -0.1) is 0 Å². The van der Waals surface area contributed by atoms with Gasteiger partial charge in [-0.25, -0.2) is 17.2 Å². The molecule has 0 fully saturated rings. The predicted octanol–water partition coefficient (Wildman–Crippen LogP) is 2.83. The smallest absolute Gasteiger partial charge is 0.182 e. The lowest BCUT2D eigenvalue weighted by Crippen LogP contribution is -2.09. The van der Waals surface area contributed by atoms with Gasteiger partial charge in [0, 0.05) is 17.3 Å². The molecule has 0 spiro atoms. The fourth-order valence-corrected chi connectivity index (χ4v) is 3.55. The third-order valence-electron chi connectivity index (χ3n) is 2.91. The van der Waals surface area contributed by atoms with E-state index in [1.54, 1.807) is 19.1 Å². The SMILES string of the molecule is Cc1ccc(N)cc1S(=O)(=O)Cc1ccc(F)cc1F. The number of halogens is 2. The minimum atomic E-state index is -3.74.